The average Bonchev–Trinajstić information content (AvgIpc) is 2.17. The van der Waals surface area contributed by atoms with Crippen molar-refractivity contribution >= 4 is 63.2 Å². The second-order valence-corrected chi connectivity index (χ2v) is 5.72. The summed E-state index contributed by atoms with van der Waals surface area (Å²) in [6.07, 6.45) is 0. The highest BCUT2D eigenvalue weighted by molar-refractivity contribution is 6.89. The molecule has 1 atom stereocenters. The quantitative estimate of drug-likeness (QED) is 0.417. The minimum Gasteiger partial charge on any atom is -0.249 e. The van der Waals surface area contributed by atoms with Crippen molar-refractivity contribution in [3.8, 4) is 0 Å². The molecule has 0 saturated heterocycles. The van der Waals surface area contributed by atoms with Crippen molar-refractivity contribution < 1.29 is 0 Å². The third-order valence-electron chi connectivity index (χ3n) is 1.54. The number of benzene rings is 1. The van der Waals surface area contributed by atoms with Gasteiger partial charge in [-0.3, -0.25) is 0 Å². The first-order chi connectivity index (χ1) is 6.91. The second kappa shape index (κ2) is 5.60. The Kier molecular flexibility index (Phi) is 5.01. The van der Waals surface area contributed by atoms with Gasteiger partial charge in [0.2, 0.25) is 3.79 Å². The summed E-state index contributed by atoms with van der Waals surface area (Å²) in [6.45, 7) is 0. The molecule has 1 nitrogen and oxygen atoms in total. The first kappa shape index (κ1) is 13.4. The highest BCUT2D eigenvalue weighted by Gasteiger charge is 2.27. The van der Waals surface area contributed by atoms with E-state index < -0.39 is 9.29 Å². The molecule has 0 heterocycles. The Bertz CT molecular complexity index is 343. The SMILES string of the molecule is Cl/C(=N\C(Cl)c1ccccc1)C(Cl)(Cl)Cl. The van der Waals surface area contributed by atoms with E-state index in [1.165, 1.54) is 0 Å². The number of alkyl halides is 4. The molecule has 1 aromatic carbocycles. The van der Waals surface area contributed by atoms with E-state index in [2.05, 4.69) is 4.99 Å². The standard InChI is InChI=1S/C9H6Cl5N/c10-7(6-4-2-1-3-5-6)15-8(11)9(12,13)14/h1-5,7H/b15-8-. The molecule has 0 bridgehead atoms. The van der Waals surface area contributed by atoms with Crippen LogP contribution in [0.15, 0.2) is 35.3 Å². The minimum atomic E-state index is -1.73. The fourth-order valence-corrected chi connectivity index (χ4v) is 1.40. The maximum atomic E-state index is 5.96. The molecule has 0 N–H and O–H groups in total. The molecule has 6 heteroatoms. The third kappa shape index (κ3) is 4.38. The van der Waals surface area contributed by atoms with Crippen LogP contribution in [0, 0.1) is 0 Å². The largest absolute Gasteiger partial charge is 0.249 e. The average molecular weight is 305 g/mol. The molecule has 1 unspecified atom stereocenters. The smallest absolute Gasteiger partial charge is 0.242 e. The van der Waals surface area contributed by atoms with Crippen LogP contribution in [0.2, 0.25) is 0 Å². The predicted molar refractivity (Wildman–Crippen MR) is 68.6 cm³/mol. The fraction of sp³-hybridized carbons (Fsp3) is 0.222. The number of nitrogens with zero attached hydrogens (tertiary/aromatic N) is 1. The van der Waals surface area contributed by atoms with Crippen molar-refractivity contribution in [2.45, 2.75) is 9.29 Å². The van der Waals surface area contributed by atoms with Crippen LogP contribution in [0.1, 0.15) is 11.1 Å². The molecular weight excluding hydrogens is 299 g/mol. The molecule has 0 spiro atoms. The third-order valence-corrected chi connectivity index (χ3v) is 3.09. The summed E-state index contributed by atoms with van der Waals surface area (Å²) >= 11 is 28.2. The first-order valence-electron chi connectivity index (χ1n) is 3.91. The molecule has 0 aliphatic carbocycles. The number of aliphatic imine (C=N–C) groups is 1. The summed E-state index contributed by atoms with van der Waals surface area (Å²) in [7, 11) is 0. The lowest BCUT2D eigenvalue weighted by Gasteiger charge is -2.10. The van der Waals surface area contributed by atoms with Crippen molar-refractivity contribution in [1.82, 2.24) is 0 Å². The topological polar surface area (TPSA) is 12.4 Å². The summed E-state index contributed by atoms with van der Waals surface area (Å²) in [5, 5.41) is -0.156. The molecule has 0 saturated carbocycles. The number of halogens is 5. The van der Waals surface area contributed by atoms with Gasteiger partial charge in [-0.1, -0.05) is 88.3 Å². The van der Waals surface area contributed by atoms with Crippen LogP contribution >= 0.6 is 58.0 Å². The number of hydrogen-bond donors (Lipinski definition) is 0. The van der Waals surface area contributed by atoms with Gasteiger partial charge in [0.1, 0.15) is 5.50 Å². The van der Waals surface area contributed by atoms with E-state index in [0.717, 1.165) is 5.56 Å². The highest BCUT2D eigenvalue weighted by atomic mass is 35.6. The highest BCUT2D eigenvalue weighted by Crippen LogP contribution is 2.32. The minimum absolute atomic E-state index is 0.156. The van der Waals surface area contributed by atoms with Gasteiger partial charge in [0, 0.05) is 0 Å². The molecule has 0 aromatic heterocycles. The molecule has 1 rings (SSSR count). The lowest BCUT2D eigenvalue weighted by atomic mass is 10.2. The zero-order valence-corrected chi connectivity index (χ0v) is 11.1. The summed E-state index contributed by atoms with van der Waals surface area (Å²) in [4.78, 5) is 3.87. The van der Waals surface area contributed by atoms with E-state index >= 15 is 0 Å². The van der Waals surface area contributed by atoms with Gasteiger partial charge >= 0.3 is 0 Å². The normalized spacial score (nSPS) is 15.1. The molecule has 82 valence electrons. The van der Waals surface area contributed by atoms with Gasteiger partial charge in [-0.15, -0.1) is 0 Å². The van der Waals surface area contributed by atoms with Gasteiger partial charge in [0.25, 0.3) is 0 Å². The van der Waals surface area contributed by atoms with Crippen LogP contribution in [0.25, 0.3) is 0 Å². The molecular formula is C9H6Cl5N. The Morgan fingerprint density at radius 1 is 1.13 bits per heavy atom. The van der Waals surface area contributed by atoms with Gasteiger partial charge < -0.3 is 0 Å². The van der Waals surface area contributed by atoms with Crippen molar-refractivity contribution in [2.75, 3.05) is 0 Å². The van der Waals surface area contributed by atoms with E-state index in [9.17, 15) is 0 Å². The summed E-state index contributed by atoms with van der Waals surface area (Å²) in [6, 6.07) is 9.16. The van der Waals surface area contributed by atoms with Gasteiger partial charge in [0.05, 0.1) is 0 Å². The lowest BCUT2D eigenvalue weighted by Crippen LogP contribution is -2.13. The van der Waals surface area contributed by atoms with Crippen molar-refractivity contribution in [1.29, 1.82) is 0 Å². The van der Waals surface area contributed by atoms with Crippen LogP contribution in [-0.4, -0.2) is 8.96 Å². The Hall–Kier alpha value is 0.340. The zero-order valence-electron chi connectivity index (χ0n) is 7.30. The van der Waals surface area contributed by atoms with E-state index in [1.54, 1.807) is 0 Å². The Balaban J connectivity index is 2.84. The molecule has 0 aliphatic rings. The Labute approximate surface area is 113 Å². The van der Waals surface area contributed by atoms with Gasteiger partial charge in [-0.25, -0.2) is 4.99 Å². The number of rotatable bonds is 2. The van der Waals surface area contributed by atoms with E-state index in [4.69, 9.17) is 58.0 Å². The molecule has 0 radical (unpaired) electrons. The van der Waals surface area contributed by atoms with Crippen LogP contribution < -0.4 is 0 Å². The van der Waals surface area contributed by atoms with Gasteiger partial charge in [-0.05, 0) is 5.56 Å². The maximum absolute atomic E-state index is 5.96. The van der Waals surface area contributed by atoms with Gasteiger partial charge in [-0.2, -0.15) is 0 Å². The predicted octanol–water partition coefficient (Wildman–Crippen LogP) is 4.93. The van der Waals surface area contributed by atoms with Gasteiger partial charge in [0.15, 0.2) is 5.17 Å². The zero-order chi connectivity index (χ0) is 11.5. The summed E-state index contributed by atoms with van der Waals surface area (Å²) in [5.41, 5.74) is 0.126. The molecule has 0 aliphatic heterocycles. The monoisotopic (exact) mass is 303 g/mol. The van der Waals surface area contributed by atoms with Crippen molar-refractivity contribution in [3.63, 3.8) is 0 Å². The lowest BCUT2D eigenvalue weighted by molar-refractivity contribution is 1.02. The summed E-state index contributed by atoms with van der Waals surface area (Å²) in [5.74, 6) is 0. The van der Waals surface area contributed by atoms with E-state index in [0.29, 0.717) is 0 Å². The van der Waals surface area contributed by atoms with E-state index in [-0.39, 0.29) is 5.17 Å². The van der Waals surface area contributed by atoms with Crippen molar-refractivity contribution in [3.05, 3.63) is 35.9 Å². The molecule has 0 fully saturated rings. The Morgan fingerprint density at radius 3 is 2.13 bits per heavy atom. The van der Waals surface area contributed by atoms with E-state index in [1.807, 2.05) is 30.3 Å². The maximum Gasteiger partial charge on any atom is 0.242 e. The second-order valence-electron chi connectivity index (χ2n) is 2.66. The molecule has 15 heavy (non-hydrogen) atoms. The van der Waals surface area contributed by atoms with Crippen LogP contribution in [-0.2, 0) is 0 Å². The summed E-state index contributed by atoms with van der Waals surface area (Å²) < 4.78 is -1.73. The molecule has 1 aromatic rings. The molecule has 0 amide bonds. The van der Waals surface area contributed by atoms with Crippen LogP contribution in [0.3, 0.4) is 0 Å². The van der Waals surface area contributed by atoms with Crippen LogP contribution in [0.5, 0.6) is 0 Å². The van der Waals surface area contributed by atoms with Crippen molar-refractivity contribution in [2.24, 2.45) is 4.99 Å². The first-order valence-corrected chi connectivity index (χ1v) is 5.85. The fourth-order valence-electron chi connectivity index (χ4n) is 0.859. The Morgan fingerprint density at radius 2 is 1.67 bits per heavy atom. The number of hydrogen-bond acceptors (Lipinski definition) is 1. The van der Waals surface area contributed by atoms with Crippen LogP contribution in [0.4, 0.5) is 0 Å².